The SMILES string of the molecule is CCOC(=O)C(CC1CCC1)(C(=O)OCC)C(C)C. The molecule has 0 aromatic heterocycles. The van der Waals surface area contributed by atoms with Gasteiger partial charge in [0.1, 0.15) is 0 Å². The highest BCUT2D eigenvalue weighted by atomic mass is 16.6. The van der Waals surface area contributed by atoms with Gasteiger partial charge >= 0.3 is 11.9 Å². The quantitative estimate of drug-likeness (QED) is 0.527. The van der Waals surface area contributed by atoms with E-state index in [1.807, 2.05) is 13.8 Å². The van der Waals surface area contributed by atoms with Crippen LogP contribution in [0.1, 0.15) is 53.4 Å². The summed E-state index contributed by atoms with van der Waals surface area (Å²) in [6, 6.07) is 0. The lowest BCUT2D eigenvalue weighted by atomic mass is 9.66. The van der Waals surface area contributed by atoms with Gasteiger partial charge in [0.15, 0.2) is 5.41 Å². The second kappa shape index (κ2) is 6.92. The zero-order valence-electron chi connectivity index (χ0n) is 12.5. The molecule has 0 spiro atoms. The second-order valence-corrected chi connectivity index (χ2v) is 5.57. The molecule has 0 atom stereocenters. The summed E-state index contributed by atoms with van der Waals surface area (Å²) in [7, 11) is 0. The average molecular weight is 270 g/mol. The van der Waals surface area contributed by atoms with E-state index in [0.717, 1.165) is 12.8 Å². The van der Waals surface area contributed by atoms with Crippen molar-refractivity contribution < 1.29 is 19.1 Å². The minimum Gasteiger partial charge on any atom is -0.465 e. The first-order chi connectivity index (χ1) is 8.98. The van der Waals surface area contributed by atoms with E-state index in [-0.39, 0.29) is 19.1 Å². The van der Waals surface area contributed by atoms with Gasteiger partial charge in [-0.05, 0) is 32.1 Å². The van der Waals surface area contributed by atoms with E-state index >= 15 is 0 Å². The van der Waals surface area contributed by atoms with E-state index in [1.165, 1.54) is 6.42 Å². The van der Waals surface area contributed by atoms with Crippen molar-refractivity contribution in [1.82, 2.24) is 0 Å². The van der Waals surface area contributed by atoms with E-state index in [0.29, 0.717) is 12.3 Å². The maximum atomic E-state index is 12.4. The van der Waals surface area contributed by atoms with E-state index in [9.17, 15) is 9.59 Å². The van der Waals surface area contributed by atoms with Crippen molar-refractivity contribution in [2.24, 2.45) is 17.3 Å². The van der Waals surface area contributed by atoms with Crippen molar-refractivity contribution in [3.63, 3.8) is 0 Å². The number of carbonyl (C=O) groups is 2. The topological polar surface area (TPSA) is 52.6 Å². The second-order valence-electron chi connectivity index (χ2n) is 5.57. The molecule has 0 bridgehead atoms. The molecule has 4 heteroatoms. The van der Waals surface area contributed by atoms with E-state index < -0.39 is 17.4 Å². The van der Waals surface area contributed by atoms with Gasteiger partial charge in [-0.2, -0.15) is 0 Å². The van der Waals surface area contributed by atoms with Crippen LogP contribution in [-0.2, 0) is 19.1 Å². The smallest absolute Gasteiger partial charge is 0.323 e. The molecule has 0 aromatic carbocycles. The molecular weight excluding hydrogens is 244 g/mol. The Hall–Kier alpha value is -1.06. The first-order valence-corrected chi connectivity index (χ1v) is 7.33. The number of carbonyl (C=O) groups excluding carboxylic acids is 2. The molecule has 110 valence electrons. The van der Waals surface area contributed by atoms with Crippen LogP contribution < -0.4 is 0 Å². The summed E-state index contributed by atoms with van der Waals surface area (Å²) in [6.45, 7) is 7.89. The molecule has 1 aliphatic carbocycles. The van der Waals surface area contributed by atoms with Gasteiger partial charge in [-0.25, -0.2) is 0 Å². The molecule has 0 N–H and O–H groups in total. The fraction of sp³-hybridized carbons (Fsp3) is 0.867. The van der Waals surface area contributed by atoms with E-state index in [4.69, 9.17) is 9.47 Å². The lowest BCUT2D eigenvalue weighted by Crippen LogP contribution is -2.48. The molecule has 0 aromatic rings. The monoisotopic (exact) mass is 270 g/mol. The van der Waals surface area contributed by atoms with Crippen LogP contribution in [0.25, 0.3) is 0 Å². The molecule has 4 nitrogen and oxygen atoms in total. The Balaban J connectivity index is 3.00. The molecule has 19 heavy (non-hydrogen) atoms. The lowest BCUT2D eigenvalue weighted by Gasteiger charge is -2.38. The van der Waals surface area contributed by atoms with Gasteiger partial charge in [0.05, 0.1) is 13.2 Å². The number of ether oxygens (including phenoxy) is 2. The number of rotatable bonds is 7. The van der Waals surface area contributed by atoms with Crippen molar-refractivity contribution in [3.05, 3.63) is 0 Å². The predicted molar refractivity (Wildman–Crippen MR) is 72.5 cm³/mol. The van der Waals surface area contributed by atoms with Gasteiger partial charge < -0.3 is 9.47 Å². The van der Waals surface area contributed by atoms with E-state index in [1.54, 1.807) is 13.8 Å². The van der Waals surface area contributed by atoms with Gasteiger partial charge in [-0.15, -0.1) is 0 Å². The molecule has 1 rings (SSSR count). The summed E-state index contributed by atoms with van der Waals surface area (Å²) >= 11 is 0. The molecule has 0 aliphatic heterocycles. The van der Waals surface area contributed by atoms with Crippen LogP contribution in [0.5, 0.6) is 0 Å². The van der Waals surface area contributed by atoms with Crippen molar-refractivity contribution >= 4 is 11.9 Å². The number of hydrogen-bond acceptors (Lipinski definition) is 4. The Bertz CT molecular complexity index is 300. The third kappa shape index (κ3) is 3.28. The van der Waals surface area contributed by atoms with Gasteiger partial charge in [-0.1, -0.05) is 33.1 Å². The van der Waals surface area contributed by atoms with Crippen LogP contribution in [0, 0.1) is 17.3 Å². The summed E-state index contributed by atoms with van der Waals surface area (Å²) < 4.78 is 10.3. The molecule has 0 heterocycles. The van der Waals surface area contributed by atoms with Gasteiger partial charge in [0.25, 0.3) is 0 Å². The van der Waals surface area contributed by atoms with Crippen molar-refractivity contribution in [3.8, 4) is 0 Å². The molecule has 1 fully saturated rings. The van der Waals surface area contributed by atoms with Crippen LogP contribution >= 0.6 is 0 Å². The molecule has 0 amide bonds. The summed E-state index contributed by atoms with van der Waals surface area (Å²) in [5.41, 5.74) is -1.13. The summed E-state index contributed by atoms with van der Waals surface area (Å²) in [5, 5.41) is 0. The predicted octanol–water partition coefficient (Wildman–Crippen LogP) is 2.95. The third-order valence-corrected chi connectivity index (χ3v) is 4.10. The minimum absolute atomic E-state index is 0.119. The molecule has 0 unspecified atom stereocenters. The van der Waals surface area contributed by atoms with Gasteiger partial charge in [-0.3, -0.25) is 9.59 Å². The molecule has 1 aliphatic rings. The fourth-order valence-corrected chi connectivity index (χ4v) is 2.63. The molecule has 0 radical (unpaired) electrons. The van der Waals surface area contributed by atoms with Crippen molar-refractivity contribution in [2.45, 2.75) is 53.4 Å². The van der Waals surface area contributed by atoms with Crippen LogP contribution in [-0.4, -0.2) is 25.2 Å². The van der Waals surface area contributed by atoms with Crippen LogP contribution in [0.2, 0.25) is 0 Å². The highest BCUT2D eigenvalue weighted by Gasteiger charge is 2.53. The Morgan fingerprint density at radius 2 is 1.58 bits per heavy atom. The van der Waals surface area contributed by atoms with Crippen LogP contribution in [0.15, 0.2) is 0 Å². The summed E-state index contributed by atoms with van der Waals surface area (Å²) in [4.78, 5) is 24.8. The Morgan fingerprint density at radius 1 is 1.11 bits per heavy atom. The van der Waals surface area contributed by atoms with Gasteiger partial charge in [0, 0.05) is 0 Å². The summed E-state index contributed by atoms with van der Waals surface area (Å²) in [6.07, 6.45) is 3.92. The molecular formula is C15H26O4. The first kappa shape index (κ1) is 16.0. The van der Waals surface area contributed by atoms with Crippen molar-refractivity contribution in [1.29, 1.82) is 0 Å². The van der Waals surface area contributed by atoms with Crippen LogP contribution in [0.3, 0.4) is 0 Å². The van der Waals surface area contributed by atoms with Crippen LogP contribution in [0.4, 0.5) is 0 Å². The highest BCUT2D eigenvalue weighted by Crippen LogP contribution is 2.43. The Kier molecular flexibility index (Phi) is 5.83. The highest BCUT2D eigenvalue weighted by molar-refractivity contribution is 6.00. The number of hydrogen-bond donors (Lipinski definition) is 0. The maximum Gasteiger partial charge on any atom is 0.323 e. The zero-order valence-corrected chi connectivity index (χ0v) is 12.5. The summed E-state index contributed by atoms with van der Waals surface area (Å²) in [5.74, 6) is -0.520. The standard InChI is InChI=1S/C15H26O4/c1-5-18-13(16)15(11(3)4,14(17)19-6-2)10-12-8-7-9-12/h11-12H,5-10H2,1-4H3. The zero-order chi connectivity index (χ0) is 14.5. The molecule has 0 saturated heterocycles. The van der Waals surface area contributed by atoms with E-state index in [2.05, 4.69) is 0 Å². The third-order valence-electron chi connectivity index (χ3n) is 4.10. The average Bonchev–Trinajstić information content (AvgIpc) is 2.27. The lowest BCUT2D eigenvalue weighted by molar-refractivity contribution is -0.178. The normalized spacial score (nSPS) is 16.1. The Morgan fingerprint density at radius 3 is 1.84 bits per heavy atom. The largest absolute Gasteiger partial charge is 0.465 e. The minimum atomic E-state index is -1.13. The van der Waals surface area contributed by atoms with Crippen molar-refractivity contribution in [2.75, 3.05) is 13.2 Å². The maximum absolute atomic E-state index is 12.4. The Labute approximate surface area is 115 Å². The fourth-order valence-electron chi connectivity index (χ4n) is 2.63. The molecule has 1 saturated carbocycles. The first-order valence-electron chi connectivity index (χ1n) is 7.33. The van der Waals surface area contributed by atoms with Gasteiger partial charge in [0.2, 0.25) is 0 Å². The number of esters is 2.